The molecule has 3 N–H and O–H groups in total. The Kier molecular flexibility index (Phi) is 7.32. The second kappa shape index (κ2) is 9.24. The lowest BCUT2D eigenvalue weighted by Gasteiger charge is -2.15. The number of carboxylic acid groups (broad SMARTS) is 1. The van der Waals surface area contributed by atoms with Crippen molar-refractivity contribution in [1.29, 1.82) is 0 Å². The molecule has 0 fully saturated rings. The second-order valence-corrected chi connectivity index (χ2v) is 4.90. The lowest BCUT2D eigenvalue weighted by atomic mass is 10.1. The van der Waals surface area contributed by atoms with Gasteiger partial charge in [0.05, 0.1) is 6.54 Å². The van der Waals surface area contributed by atoms with Crippen LogP contribution in [-0.2, 0) is 20.7 Å². The highest BCUT2D eigenvalue weighted by Gasteiger charge is 2.20. The normalized spacial score (nSPS) is 11.2. The first-order valence-corrected chi connectivity index (χ1v) is 7.04. The number of ether oxygens (including phenoxy) is 1. The maximum absolute atomic E-state index is 11.7. The van der Waals surface area contributed by atoms with Gasteiger partial charge in [-0.3, -0.25) is 0 Å². The maximum atomic E-state index is 11.7. The number of nitrogens with one attached hydrogen (secondary N) is 2. The standard InChI is InChI=1S/C16H20N2O5/c1-11(2)15(21)23-9-8-17-16(22)18-13(14(19)20)10-12-6-4-3-5-7-12/h3-7,13H,1,8-10H2,2H3,(H,19,20)(H2,17,18,22)/t13-/m0/s1. The number of urea groups is 1. The molecule has 23 heavy (non-hydrogen) atoms. The predicted octanol–water partition coefficient (Wildman–Crippen LogP) is 1.10. The Bertz CT molecular complexity index is 571. The third-order valence-corrected chi connectivity index (χ3v) is 2.86. The average Bonchev–Trinajstić information content (AvgIpc) is 2.51. The van der Waals surface area contributed by atoms with Crippen molar-refractivity contribution in [1.82, 2.24) is 10.6 Å². The van der Waals surface area contributed by atoms with E-state index in [2.05, 4.69) is 17.2 Å². The number of carbonyl (C=O) groups excluding carboxylic acids is 2. The number of carboxylic acids is 1. The highest BCUT2D eigenvalue weighted by molar-refractivity contribution is 5.87. The van der Waals surface area contributed by atoms with Crippen molar-refractivity contribution in [2.24, 2.45) is 0 Å². The zero-order chi connectivity index (χ0) is 17.2. The fourth-order valence-electron chi connectivity index (χ4n) is 1.69. The Morgan fingerprint density at radius 3 is 2.48 bits per heavy atom. The minimum Gasteiger partial charge on any atom is -0.480 e. The van der Waals surface area contributed by atoms with E-state index >= 15 is 0 Å². The van der Waals surface area contributed by atoms with Crippen LogP contribution in [0.5, 0.6) is 0 Å². The number of hydrogen-bond donors (Lipinski definition) is 3. The van der Waals surface area contributed by atoms with Crippen LogP contribution in [0.15, 0.2) is 42.5 Å². The molecule has 1 atom stereocenters. The summed E-state index contributed by atoms with van der Waals surface area (Å²) >= 11 is 0. The Morgan fingerprint density at radius 2 is 1.91 bits per heavy atom. The summed E-state index contributed by atoms with van der Waals surface area (Å²) in [5, 5.41) is 14.0. The van der Waals surface area contributed by atoms with Crippen molar-refractivity contribution < 1.29 is 24.2 Å². The number of hydrogen-bond acceptors (Lipinski definition) is 4. The maximum Gasteiger partial charge on any atom is 0.333 e. The molecule has 0 saturated carbocycles. The lowest BCUT2D eigenvalue weighted by molar-refractivity contribution is -0.139. The molecule has 0 heterocycles. The van der Waals surface area contributed by atoms with Gasteiger partial charge in [-0.2, -0.15) is 0 Å². The number of benzene rings is 1. The minimum absolute atomic E-state index is 0.0183. The van der Waals surface area contributed by atoms with Gasteiger partial charge >= 0.3 is 18.0 Å². The van der Waals surface area contributed by atoms with Crippen LogP contribution in [0.25, 0.3) is 0 Å². The molecule has 0 aromatic heterocycles. The van der Waals surface area contributed by atoms with Gasteiger partial charge in [0.15, 0.2) is 0 Å². The molecule has 0 saturated heterocycles. The summed E-state index contributed by atoms with van der Waals surface area (Å²) in [7, 11) is 0. The monoisotopic (exact) mass is 320 g/mol. The Hall–Kier alpha value is -2.83. The highest BCUT2D eigenvalue weighted by atomic mass is 16.5. The number of amides is 2. The molecule has 1 aromatic carbocycles. The van der Waals surface area contributed by atoms with Crippen LogP contribution in [0, 0.1) is 0 Å². The molecule has 0 aliphatic carbocycles. The molecular formula is C16H20N2O5. The highest BCUT2D eigenvalue weighted by Crippen LogP contribution is 2.03. The molecule has 2 amide bonds. The summed E-state index contributed by atoms with van der Waals surface area (Å²) in [6.45, 7) is 5.00. The molecule has 7 heteroatoms. The summed E-state index contributed by atoms with van der Waals surface area (Å²) in [5.41, 5.74) is 1.07. The third-order valence-electron chi connectivity index (χ3n) is 2.86. The summed E-state index contributed by atoms with van der Waals surface area (Å²) in [6, 6.07) is 7.30. The topological polar surface area (TPSA) is 105 Å². The van der Waals surface area contributed by atoms with Gasteiger partial charge in [-0.25, -0.2) is 14.4 Å². The van der Waals surface area contributed by atoms with Gasteiger partial charge in [-0.1, -0.05) is 36.9 Å². The van der Waals surface area contributed by atoms with Crippen molar-refractivity contribution in [3.05, 3.63) is 48.0 Å². The number of rotatable bonds is 8. The Balaban J connectivity index is 2.38. The van der Waals surface area contributed by atoms with Crippen molar-refractivity contribution in [3.63, 3.8) is 0 Å². The molecule has 0 unspecified atom stereocenters. The molecule has 7 nitrogen and oxygen atoms in total. The number of esters is 1. The predicted molar refractivity (Wildman–Crippen MR) is 83.9 cm³/mol. The molecule has 0 bridgehead atoms. The van der Waals surface area contributed by atoms with E-state index in [0.717, 1.165) is 5.56 Å². The van der Waals surface area contributed by atoms with E-state index in [1.165, 1.54) is 6.92 Å². The summed E-state index contributed by atoms with van der Waals surface area (Å²) in [4.78, 5) is 34.0. The smallest absolute Gasteiger partial charge is 0.333 e. The minimum atomic E-state index is -1.13. The van der Waals surface area contributed by atoms with Crippen molar-refractivity contribution in [2.75, 3.05) is 13.2 Å². The largest absolute Gasteiger partial charge is 0.480 e. The molecule has 1 aromatic rings. The fraction of sp³-hybridized carbons (Fsp3) is 0.312. The van der Waals surface area contributed by atoms with E-state index in [4.69, 9.17) is 9.84 Å². The van der Waals surface area contributed by atoms with Crippen molar-refractivity contribution in [3.8, 4) is 0 Å². The third kappa shape index (κ3) is 7.12. The van der Waals surface area contributed by atoms with Gasteiger partial charge in [-0.05, 0) is 12.5 Å². The van der Waals surface area contributed by atoms with E-state index in [-0.39, 0.29) is 25.1 Å². The lowest BCUT2D eigenvalue weighted by Crippen LogP contribution is -2.47. The van der Waals surface area contributed by atoms with Crippen molar-refractivity contribution >= 4 is 18.0 Å². The van der Waals surface area contributed by atoms with E-state index in [9.17, 15) is 14.4 Å². The van der Waals surface area contributed by atoms with Gasteiger partial charge in [0.2, 0.25) is 0 Å². The Morgan fingerprint density at radius 1 is 1.26 bits per heavy atom. The zero-order valence-electron chi connectivity index (χ0n) is 12.9. The van der Waals surface area contributed by atoms with Crippen LogP contribution in [0.3, 0.4) is 0 Å². The zero-order valence-corrected chi connectivity index (χ0v) is 12.9. The van der Waals surface area contributed by atoms with E-state index in [0.29, 0.717) is 0 Å². The van der Waals surface area contributed by atoms with Gasteiger partial charge in [0.1, 0.15) is 12.6 Å². The fourth-order valence-corrected chi connectivity index (χ4v) is 1.69. The molecule has 0 radical (unpaired) electrons. The first-order valence-electron chi connectivity index (χ1n) is 7.04. The Labute approximate surface area is 134 Å². The van der Waals surface area contributed by atoms with Crippen LogP contribution >= 0.6 is 0 Å². The first-order chi connectivity index (χ1) is 10.9. The van der Waals surface area contributed by atoms with Gasteiger partial charge < -0.3 is 20.5 Å². The summed E-state index contributed by atoms with van der Waals surface area (Å²) in [5.74, 6) is -1.67. The van der Waals surface area contributed by atoms with Gasteiger partial charge in [0.25, 0.3) is 0 Å². The number of carbonyl (C=O) groups is 3. The van der Waals surface area contributed by atoms with Crippen LogP contribution < -0.4 is 10.6 Å². The molecule has 0 aliphatic heterocycles. The van der Waals surface area contributed by atoms with Crippen LogP contribution in [0.4, 0.5) is 4.79 Å². The molecule has 124 valence electrons. The van der Waals surface area contributed by atoms with E-state index in [1.54, 1.807) is 24.3 Å². The molecular weight excluding hydrogens is 300 g/mol. The van der Waals surface area contributed by atoms with E-state index < -0.39 is 24.0 Å². The van der Waals surface area contributed by atoms with Gasteiger partial charge in [0, 0.05) is 12.0 Å². The summed E-state index contributed by atoms with van der Waals surface area (Å²) < 4.78 is 4.80. The quantitative estimate of drug-likeness (QED) is 0.378. The van der Waals surface area contributed by atoms with Gasteiger partial charge in [-0.15, -0.1) is 0 Å². The van der Waals surface area contributed by atoms with Crippen LogP contribution in [0.1, 0.15) is 12.5 Å². The van der Waals surface area contributed by atoms with Crippen LogP contribution in [-0.4, -0.2) is 42.3 Å². The van der Waals surface area contributed by atoms with Crippen molar-refractivity contribution in [2.45, 2.75) is 19.4 Å². The first kappa shape index (κ1) is 18.2. The van der Waals surface area contributed by atoms with Crippen LogP contribution in [0.2, 0.25) is 0 Å². The molecule has 0 spiro atoms. The molecule has 1 rings (SSSR count). The second-order valence-electron chi connectivity index (χ2n) is 4.90. The number of aliphatic carboxylic acids is 1. The average molecular weight is 320 g/mol. The molecule has 0 aliphatic rings. The summed E-state index contributed by atoms with van der Waals surface area (Å²) in [6.07, 6.45) is 0.175. The van der Waals surface area contributed by atoms with E-state index in [1.807, 2.05) is 6.07 Å². The SMILES string of the molecule is C=C(C)C(=O)OCCNC(=O)N[C@@H](Cc1ccccc1)C(=O)O.